The smallest absolute Gasteiger partial charge is 0.291 e. The van der Waals surface area contributed by atoms with Crippen LogP contribution in [0.25, 0.3) is 21.9 Å². The predicted octanol–water partition coefficient (Wildman–Crippen LogP) is 3.24. The lowest BCUT2D eigenvalue weighted by atomic mass is 10.1. The number of carbonyl (C=O) groups excluding carboxylic acids is 1. The third kappa shape index (κ3) is 2.57. The van der Waals surface area contributed by atoms with Crippen molar-refractivity contribution >= 4 is 65.3 Å². The molecule has 0 radical (unpaired) electrons. The fourth-order valence-electron chi connectivity index (χ4n) is 3.22. The topological polar surface area (TPSA) is 67.6 Å². The van der Waals surface area contributed by atoms with Crippen LogP contribution < -0.4 is 15.0 Å². The molecule has 0 atom stereocenters. The highest BCUT2D eigenvalue weighted by Gasteiger charge is 2.32. The molecule has 3 heterocycles. The Morgan fingerprint density at radius 2 is 1.71 bits per heavy atom. The molecule has 0 aliphatic carbocycles. The normalized spacial score (nSPS) is 15.5. The van der Waals surface area contributed by atoms with Gasteiger partial charge in [0, 0.05) is 27.1 Å². The van der Waals surface area contributed by atoms with Gasteiger partial charge in [0.05, 0.1) is 11.3 Å². The van der Waals surface area contributed by atoms with Crippen molar-refractivity contribution in [3.63, 3.8) is 0 Å². The van der Waals surface area contributed by atoms with Gasteiger partial charge in [0.1, 0.15) is 4.53 Å². The number of hydrogen-bond acceptors (Lipinski definition) is 5. The summed E-state index contributed by atoms with van der Waals surface area (Å²) in [5, 5.41) is 4.36. The van der Waals surface area contributed by atoms with Gasteiger partial charge in [-0.15, -0.1) is 5.10 Å². The lowest BCUT2D eigenvalue weighted by Crippen LogP contribution is -2.30. The van der Waals surface area contributed by atoms with Crippen molar-refractivity contribution in [2.75, 3.05) is 11.9 Å². The van der Waals surface area contributed by atoms with Crippen LogP contribution in [0.1, 0.15) is 5.56 Å². The van der Waals surface area contributed by atoms with Crippen LogP contribution in [0.4, 0.5) is 5.69 Å². The van der Waals surface area contributed by atoms with Gasteiger partial charge in [0.2, 0.25) is 4.96 Å². The third-order valence-electron chi connectivity index (χ3n) is 4.59. The fourth-order valence-corrected chi connectivity index (χ4v) is 4.84. The number of thiazole rings is 1. The van der Waals surface area contributed by atoms with Gasteiger partial charge in [0.15, 0.2) is 5.82 Å². The Balaban J connectivity index is 1.75. The van der Waals surface area contributed by atoms with Crippen LogP contribution in [0.2, 0.25) is 0 Å². The summed E-state index contributed by atoms with van der Waals surface area (Å²) in [5.41, 5.74) is 2.39. The summed E-state index contributed by atoms with van der Waals surface area (Å²) in [6.07, 6.45) is 0. The highest BCUT2D eigenvalue weighted by Crippen LogP contribution is 2.36. The maximum atomic E-state index is 13.0. The molecule has 0 fully saturated rings. The summed E-state index contributed by atoms with van der Waals surface area (Å²) in [6.45, 7) is 0. The van der Waals surface area contributed by atoms with E-state index < -0.39 is 0 Å². The number of halogens is 2. The number of rotatable bonds is 1. The Morgan fingerprint density at radius 1 is 1.00 bits per heavy atom. The maximum Gasteiger partial charge on any atom is 0.291 e. The number of fused-ring (bicyclic) bond motifs is 2. The fraction of sp³-hybridized carbons (Fsp3) is 0.0526. The van der Waals surface area contributed by atoms with Crippen molar-refractivity contribution in [1.29, 1.82) is 0 Å². The highest BCUT2D eigenvalue weighted by molar-refractivity contribution is 9.10. The molecule has 0 N–H and O–H groups in total. The van der Waals surface area contributed by atoms with E-state index in [2.05, 4.69) is 41.9 Å². The molecule has 5 rings (SSSR count). The van der Waals surface area contributed by atoms with E-state index in [4.69, 9.17) is 0 Å². The summed E-state index contributed by atoms with van der Waals surface area (Å²) in [6, 6.07) is 13.1. The van der Waals surface area contributed by atoms with Gasteiger partial charge in [-0.3, -0.25) is 9.59 Å². The van der Waals surface area contributed by atoms with Gasteiger partial charge in [-0.1, -0.05) is 55.3 Å². The number of aromatic nitrogens is 3. The lowest BCUT2D eigenvalue weighted by Gasteiger charge is -2.08. The largest absolute Gasteiger partial charge is 0.311 e. The van der Waals surface area contributed by atoms with Crippen LogP contribution in [-0.2, 0) is 4.79 Å². The Labute approximate surface area is 179 Å². The first-order valence-corrected chi connectivity index (χ1v) is 10.6. The number of nitrogens with zero attached hydrogens (tertiary/aromatic N) is 4. The standard InChI is InChI=1S/C19H10Br2N4O2S/c1-24-13-7-6-11(21)8-12(13)14(17(24)26)15-18(27)25-19(28-15)22-16(23-25)9-2-4-10(20)5-3-9/h2-8H,1H3/b15-14-. The Bertz CT molecular complexity index is 1390. The molecule has 1 aliphatic rings. The average Bonchev–Trinajstić information content (AvgIpc) is 3.29. The quantitative estimate of drug-likeness (QED) is 0.389. The van der Waals surface area contributed by atoms with Crippen LogP contribution in [-0.4, -0.2) is 27.6 Å². The van der Waals surface area contributed by atoms with Gasteiger partial charge in [-0.25, -0.2) is 0 Å². The van der Waals surface area contributed by atoms with E-state index in [9.17, 15) is 9.59 Å². The molecular weight excluding hydrogens is 508 g/mol. The van der Waals surface area contributed by atoms with Crippen LogP contribution in [0, 0.1) is 0 Å². The zero-order valence-corrected chi connectivity index (χ0v) is 18.3. The second kappa shape index (κ2) is 6.33. The van der Waals surface area contributed by atoms with Gasteiger partial charge in [-0.2, -0.15) is 9.50 Å². The number of anilines is 1. The minimum Gasteiger partial charge on any atom is -0.311 e. The summed E-state index contributed by atoms with van der Waals surface area (Å²) < 4.78 is 3.42. The van der Waals surface area contributed by atoms with Crippen LogP contribution in [0.3, 0.4) is 0 Å². The van der Waals surface area contributed by atoms with Crippen molar-refractivity contribution in [2.24, 2.45) is 0 Å². The minimum absolute atomic E-state index is 0.206. The molecule has 0 spiro atoms. The molecule has 0 saturated heterocycles. The van der Waals surface area contributed by atoms with Gasteiger partial charge in [0.25, 0.3) is 11.5 Å². The van der Waals surface area contributed by atoms with E-state index in [0.717, 1.165) is 25.8 Å². The van der Waals surface area contributed by atoms with E-state index in [1.165, 1.54) is 15.9 Å². The number of likely N-dealkylation sites (N-methyl/N-ethyl adjacent to an activating group) is 1. The molecule has 1 aliphatic heterocycles. The molecule has 6 nitrogen and oxygen atoms in total. The van der Waals surface area contributed by atoms with Crippen molar-refractivity contribution < 1.29 is 4.79 Å². The van der Waals surface area contributed by atoms with Gasteiger partial charge < -0.3 is 4.90 Å². The monoisotopic (exact) mass is 516 g/mol. The molecule has 138 valence electrons. The molecule has 9 heteroatoms. The summed E-state index contributed by atoms with van der Waals surface area (Å²) in [5.74, 6) is 0.272. The van der Waals surface area contributed by atoms with Crippen LogP contribution >= 0.6 is 43.2 Å². The van der Waals surface area contributed by atoms with Crippen molar-refractivity contribution in [1.82, 2.24) is 14.6 Å². The molecule has 0 bridgehead atoms. The van der Waals surface area contributed by atoms with E-state index in [0.29, 0.717) is 20.9 Å². The Morgan fingerprint density at radius 3 is 2.43 bits per heavy atom. The first-order chi connectivity index (χ1) is 13.4. The predicted molar refractivity (Wildman–Crippen MR) is 116 cm³/mol. The summed E-state index contributed by atoms with van der Waals surface area (Å²) >= 11 is 8.02. The zero-order chi connectivity index (χ0) is 19.6. The SMILES string of the molecule is CN1C(=O)/C(=c2\sc3nc(-c4ccc(Br)cc4)nn3c2=O)c2cc(Br)ccc21. The number of amides is 1. The molecule has 2 aromatic carbocycles. The molecule has 2 aromatic heterocycles. The molecule has 28 heavy (non-hydrogen) atoms. The maximum absolute atomic E-state index is 13.0. The molecular formula is C19H10Br2N4O2S. The summed E-state index contributed by atoms with van der Waals surface area (Å²) in [4.78, 5) is 32.4. The second-order valence-electron chi connectivity index (χ2n) is 6.27. The highest BCUT2D eigenvalue weighted by atomic mass is 79.9. The second-order valence-corrected chi connectivity index (χ2v) is 9.08. The first-order valence-electron chi connectivity index (χ1n) is 8.22. The molecule has 0 unspecified atom stereocenters. The number of hydrogen-bond donors (Lipinski definition) is 0. The molecule has 1 amide bonds. The van der Waals surface area contributed by atoms with Gasteiger partial charge in [-0.05, 0) is 30.3 Å². The van der Waals surface area contributed by atoms with Crippen molar-refractivity contribution in [3.8, 4) is 11.4 Å². The van der Waals surface area contributed by atoms with Crippen LogP contribution in [0.15, 0.2) is 56.2 Å². The van der Waals surface area contributed by atoms with E-state index in [1.807, 2.05) is 42.5 Å². The molecule has 4 aromatic rings. The van der Waals surface area contributed by atoms with E-state index >= 15 is 0 Å². The molecule has 0 saturated carbocycles. The van der Waals surface area contributed by atoms with Crippen molar-refractivity contribution in [2.45, 2.75) is 0 Å². The van der Waals surface area contributed by atoms with Gasteiger partial charge >= 0.3 is 0 Å². The number of benzene rings is 2. The van der Waals surface area contributed by atoms with E-state index in [-0.39, 0.29) is 11.5 Å². The van der Waals surface area contributed by atoms with E-state index in [1.54, 1.807) is 11.9 Å². The summed E-state index contributed by atoms with van der Waals surface area (Å²) in [7, 11) is 1.70. The Kier molecular flexibility index (Phi) is 4.01. The Hall–Kier alpha value is -2.36. The van der Waals surface area contributed by atoms with Crippen molar-refractivity contribution in [3.05, 3.63) is 71.9 Å². The number of carbonyl (C=O) groups is 1. The third-order valence-corrected chi connectivity index (χ3v) is 6.65. The first kappa shape index (κ1) is 17.7. The lowest BCUT2D eigenvalue weighted by molar-refractivity contribution is -0.112. The average molecular weight is 518 g/mol. The van der Waals surface area contributed by atoms with Crippen LogP contribution in [0.5, 0.6) is 0 Å². The zero-order valence-electron chi connectivity index (χ0n) is 14.3. The minimum atomic E-state index is -0.333.